The van der Waals surface area contributed by atoms with Gasteiger partial charge in [0, 0.05) is 23.7 Å². The van der Waals surface area contributed by atoms with E-state index in [-0.39, 0.29) is 17.2 Å². The molecule has 1 heterocycles. The van der Waals surface area contributed by atoms with E-state index in [2.05, 4.69) is 43.2 Å². The summed E-state index contributed by atoms with van der Waals surface area (Å²) in [5.41, 5.74) is 3.24. The molecular weight excluding hydrogens is 344 g/mol. The Bertz CT molecular complexity index is 756. The van der Waals surface area contributed by atoms with Crippen molar-refractivity contribution in [2.45, 2.75) is 57.8 Å². The summed E-state index contributed by atoms with van der Waals surface area (Å²) >= 11 is 6.27. The fourth-order valence-corrected chi connectivity index (χ4v) is 3.90. The molecule has 1 aliphatic rings. The van der Waals surface area contributed by atoms with E-state index in [4.69, 9.17) is 11.6 Å². The van der Waals surface area contributed by atoms with E-state index in [1.807, 2.05) is 24.3 Å². The van der Waals surface area contributed by atoms with E-state index in [1.54, 1.807) is 6.20 Å². The lowest BCUT2D eigenvalue weighted by Gasteiger charge is -2.28. The Balaban J connectivity index is 1.56. The summed E-state index contributed by atoms with van der Waals surface area (Å²) in [6.45, 7) is 6.56. The van der Waals surface area contributed by atoms with Crippen LogP contribution in [-0.2, 0) is 10.2 Å². The van der Waals surface area contributed by atoms with Crippen molar-refractivity contribution >= 4 is 23.2 Å². The van der Waals surface area contributed by atoms with Gasteiger partial charge in [-0.3, -0.25) is 9.78 Å². The van der Waals surface area contributed by atoms with E-state index in [0.29, 0.717) is 5.92 Å². The molecule has 1 saturated carbocycles. The van der Waals surface area contributed by atoms with Crippen LogP contribution in [0.15, 0.2) is 42.6 Å². The smallest absolute Gasteiger partial charge is 0.227 e. The highest BCUT2D eigenvalue weighted by Gasteiger charge is 2.28. The van der Waals surface area contributed by atoms with Crippen LogP contribution in [0.5, 0.6) is 0 Å². The molecule has 1 N–H and O–H groups in total. The molecule has 4 heteroatoms. The normalized spacial score (nSPS) is 20.6. The molecule has 0 saturated heterocycles. The first kappa shape index (κ1) is 18.9. The molecule has 26 heavy (non-hydrogen) atoms. The predicted octanol–water partition coefficient (Wildman–Crippen LogP) is 5.95. The van der Waals surface area contributed by atoms with Crippen LogP contribution in [0.1, 0.15) is 63.6 Å². The van der Waals surface area contributed by atoms with Crippen LogP contribution in [0.2, 0.25) is 5.02 Å². The summed E-state index contributed by atoms with van der Waals surface area (Å²) in [7, 11) is 0. The summed E-state index contributed by atoms with van der Waals surface area (Å²) < 4.78 is 0. The van der Waals surface area contributed by atoms with Gasteiger partial charge in [-0.15, -0.1) is 0 Å². The van der Waals surface area contributed by atoms with Crippen LogP contribution >= 0.6 is 11.6 Å². The minimum atomic E-state index is 0.0658. The molecule has 1 aromatic heterocycles. The molecular formula is C22H27ClN2O. The largest absolute Gasteiger partial charge is 0.326 e. The maximum Gasteiger partial charge on any atom is 0.227 e. The topological polar surface area (TPSA) is 42.0 Å². The second-order valence-corrected chi connectivity index (χ2v) is 8.64. The van der Waals surface area contributed by atoms with E-state index >= 15 is 0 Å². The van der Waals surface area contributed by atoms with Crippen molar-refractivity contribution in [1.29, 1.82) is 0 Å². The molecule has 1 amide bonds. The third-order valence-electron chi connectivity index (χ3n) is 5.29. The fraction of sp³-hybridized carbons (Fsp3) is 0.455. The molecule has 0 unspecified atom stereocenters. The lowest BCUT2D eigenvalue weighted by atomic mass is 9.80. The van der Waals surface area contributed by atoms with Crippen molar-refractivity contribution in [2.75, 3.05) is 5.32 Å². The minimum absolute atomic E-state index is 0.0658. The van der Waals surface area contributed by atoms with Crippen LogP contribution in [0.3, 0.4) is 0 Å². The summed E-state index contributed by atoms with van der Waals surface area (Å²) in [5.74, 6) is 0.550. The van der Waals surface area contributed by atoms with Gasteiger partial charge in [-0.05, 0) is 60.9 Å². The molecule has 138 valence electrons. The number of benzene rings is 1. The first-order chi connectivity index (χ1) is 12.3. The zero-order valence-electron chi connectivity index (χ0n) is 15.8. The fourth-order valence-electron chi connectivity index (χ4n) is 3.63. The maximum absolute atomic E-state index is 12.6. The number of amides is 1. The first-order valence-electron chi connectivity index (χ1n) is 9.36. The van der Waals surface area contributed by atoms with E-state index in [1.165, 1.54) is 5.56 Å². The van der Waals surface area contributed by atoms with Crippen LogP contribution in [0, 0.1) is 5.92 Å². The summed E-state index contributed by atoms with van der Waals surface area (Å²) in [6, 6.07) is 11.9. The van der Waals surface area contributed by atoms with Gasteiger partial charge in [0.1, 0.15) is 0 Å². The Labute approximate surface area is 161 Å². The number of hydrogen-bond donors (Lipinski definition) is 1. The number of nitrogens with one attached hydrogen (secondary N) is 1. The standard InChI is InChI=1S/C22H27ClN2O/c1-22(2,3)17-10-12-18(13-11-17)25-21(26)16-8-6-15(7-9-16)20-19(23)5-4-14-24-20/h4-5,10-16H,6-9H2,1-3H3,(H,25,26). The quantitative estimate of drug-likeness (QED) is 0.725. The number of halogens is 1. The van der Waals surface area contributed by atoms with Gasteiger partial charge >= 0.3 is 0 Å². The average Bonchev–Trinajstić information content (AvgIpc) is 2.62. The number of rotatable bonds is 3. The molecule has 1 fully saturated rings. The third-order valence-corrected chi connectivity index (χ3v) is 5.61. The minimum Gasteiger partial charge on any atom is -0.326 e. The van der Waals surface area contributed by atoms with E-state index < -0.39 is 0 Å². The monoisotopic (exact) mass is 370 g/mol. The van der Waals surface area contributed by atoms with Crippen molar-refractivity contribution in [2.24, 2.45) is 5.92 Å². The number of aromatic nitrogens is 1. The lowest BCUT2D eigenvalue weighted by Crippen LogP contribution is -2.27. The number of pyridine rings is 1. The zero-order valence-corrected chi connectivity index (χ0v) is 16.5. The van der Waals surface area contributed by atoms with Gasteiger partial charge in [-0.25, -0.2) is 0 Å². The van der Waals surface area contributed by atoms with Crippen LogP contribution < -0.4 is 5.32 Å². The van der Waals surface area contributed by atoms with E-state index in [0.717, 1.165) is 42.1 Å². The van der Waals surface area contributed by atoms with Crippen LogP contribution in [0.25, 0.3) is 0 Å². The van der Waals surface area contributed by atoms with Gasteiger partial charge < -0.3 is 5.32 Å². The lowest BCUT2D eigenvalue weighted by molar-refractivity contribution is -0.120. The molecule has 0 spiro atoms. The Morgan fingerprint density at radius 1 is 1.08 bits per heavy atom. The number of hydrogen-bond acceptors (Lipinski definition) is 2. The summed E-state index contributed by atoms with van der Waals surface area (Å²) in [5, 5.41) is 3.81. The van der Waals surface area contributed by atoms with Gasteiger partial charge in [-0.2, -0.15) is 0 Å². The van der Waals surface area contributed by atoms with Crippen LogP contribution in [-0.4, -0.2) is 10.9 Å². The Hall–Kier alpha value is -1.87. The van der Waals surface area contributed by atoms with Crippen LogP contribution in [0.4, 0.5) is 5.69 Å². The molecule has 0 atom stereocenters. The second kappa shape index (κ2) is 7.79. The molecule has 1 aliphatic carbocycles. The highest BCUT2D eigenvalue weighted by atomic mass is 35.5. The van der Waals surface area contributed by atoms with Crippen molar-refractivity contribution < 1.29 is 4.79 Å². The predicted molar refractivity (Wildman–Crippen MR) is 108 cm³/mol. The van der Waals surface area contributed by atoms with Crippen molar-refractivity contribution in [3.05, 3.63) is 58.9 Å². The SMILES string of the molecule is CC(C)(C)c1ccc(NC(=O)C2CCC(c3ncccc3Cl)CC2)cc1. The summed E-state index contributed by atoms with van der Waals surface area (Å²) in [4.78, 5) is 17.0. The molecule has 3 nitrogen and oxygen atoms in total. The third kappa shape index (κ3) is 4.45. The number of nitrogens with zero attached hydrogens (tertiary/aromatic N) is 1. The number of carbonyl (C=O) groups excluding carboxylic acids is 1. The van der Waals surface area contributed by atoms with Crippen molar-refractivity contribution in [1.82, 2.24) is 4.98 Å². The van der Waals surface area contributed by atoms with E-state index in [9.17, 15) is 4.79 Å². The summed E-state index contributed by atoms with van der Waals surface area (Å²) in [6.07, 6.45) is 5.46. The average molecular weight is 371 g/mol. The highest BCUT2D eigenvalue weighted by molar-refractivity contribution is 6.31. The Morgan fingerprint density at radius 2 is 1.73 bits per heavy atom. The Kier molecular flexibility index (Phi) is 5.67. The molecule has 1 aromatic carbocycles. The second-order valence-electron chi connectivity index (χ2n) is 8.24. The van der Waals surface area contributed by atoms with Crippen molar-refractivity contribution in [3.8, 4) is 0 Å². The van der Waals surface area contributed by atoms with Gasteiger partial charge in [-0.1, -0.05) is 44.5 Å². The zero-order chi connectivity index (χ0) is 18.7. The van der Waals surface area contributed by atoms with Gasteiger partial charge in [0.2, 0.25) is 5.91 Å². The van der Waals surface area contributed by atoms with Crippen molar-refractivity contribution in [3.63, 3.8) is 0 Å². The molecule has 0 radical (unpaired) electrons. The number of carbonyl (C=O) groups is 1. The highest BCUT2D eigenvalue weighted by Crippen LogP contribution is 2.37. The molecule has 0 aliphatic heterocycles. The first-order valence-corrected chi connectivity index (χ1v) is 9.74. The van der Waals surface area contributed by atoms with Gasteiger partial charge in [0.25, 0.3) is 0 Å². The number of anilines is 1. The van der Waals surface area contributed by atoms with Gasteiger partial charge in [0.15, 0.2) is 0 Å². The van der Waals surface area contributed by atoms with Gasteiger partial charge in [0.05, 0.1) is 10.7 Å². The molecule has 0 bridgehead atoms. The molecule has 2 aromatic rings. The Morgan fingerprint density at radius 3 is 2.31 bits per heavy atom. The maximum atomic E-state index is 12.6. The molecule has 3 rings (SSSR count).